The molecule has 4 saturated carbocycles. The molecule has 0 spiro atoms. The second kappa shape index (κ2) is 8.94. The molecule has 5 fully saturated rings. The molecule has 4 nitrogen and oxygen atoms in total. The Morgan fingerprint density at radius 2 is 1.71 bits per heavy atom. The summed E-state index contributed by atoms with van der Waals surface area (Å²) in [5.41, 5.74) is 2.31. The normalized spacial score (nSPS) is 51.1. The van der Waals surface area contributed by atoms with Crippen LogP contribution in [0.2, 0.25) is 0 Å². The van der Waals surface area contributed by atoms with Crippen molar-refractivity contribution in [2.45, 2.75) is 118 Å². The lowest BCUT2D eigenvalue weighted by atomic mass is 9.33. The Kier molecular flexibility index (Phi) is 6.14. The largest absolute Gasteiger partial charge is 0.460 e. The van der Waals surface area contributed by atoms with E-state index in [0.29, 0.717) is 30.3 Å². The number of epoxide rings is 1. The second-order valence-corrected chi connectivity index (χ2v) is 16.5. The van der Waals surface area contributed by atoms with Crippen molar-refractivity contribution >= 4 is 5.97 Å². The Morgan fingerprint density at radius 3 is 2.44 bits per heavy atom. The molecule has 1 saturated heterocycles. The molecule has 0 amide bonds. The number of rotatable bonds is 3. The van der Waals surface area contributed by atoms with Crippen LogP contribution < -0.4 is 0 Å². The van der Waals surface area contributed by atoms with Crippen LogP contribution in [0.4, 0.5) is 0 Å². The van der Waals surface area contributed by atoms with E-state index in [1.807, 2.05) is 30.3 Å². The first-order valence-corrected chi connectivity index (χ1v) is 16.6. The molecule has 7 rings (SSSR count). The highest BCUT2D eigenvalue weighted by Crippen LogP contribution is 2.77. The number of hydrogen-bond donors (Lipinski definition) is 1. The Balaban J connectivity index is 1.26. The zero-order valence-electron chi connectivity index (χ0n) is 26.4. The number of esters is 1. The highest BCUT2D eigenvalue weighted by molar-refractivity contribution is 5.79. The van der Waals surface area contributed by atoms with Crippen molar-refractivity contribution in [3.05, 3.63) is 47.5 Å². The van der Waals surface area contributed by atoms with Crippen molar-refractivity contribution in [1.29, 1.82) is 0 Å². The van der Waals surface area contributed by atoms with Gasteiger partial charge in [0.2, 0.25) is 0 Å². The summed E-state index contributed by atoms with van der Waals surface area (Å²) in [7, 11) is 0. The number of benzene rings is 1. The molecule has 1 aromatic rings. The first-order chi connectivity index (χ1) is 19.3. The van der Waals surface area contributed by atoms with Crippen molar-refractivity contribution in [1.82, 2.24) is 0 Å². The van der Waals surface area contributed by atoms with Gasteiger partial charge in [-0.15, -0.1) is 0 Å². The van der Waals surface area contributed by atoms with Crippen molar-refractivity contribution in [2.75, 3.05) is 0 Å². The average Bonchev–Trinajstić information content (AvgIpc) is 3.76. The van der Waals surface area contributed by atoms with Gasteiger partial charge in [-0.05, 0) is 96.3 Å². The van der Waals surface area contributed by atoms with Gasteiger partial charge < -0.3 is 14.6 Å². The molecule has 0 aromatic heterocycles. The lowest BCUT2D eigenvalue weighted by Crippen LogP contribution is -2.67. The molecule has 1 heterocycles. The van der Waals surface area contributed by atoms with E-state index < -0.39 is 5.41 Å². The molecule has 4 heteroatoms. The minimum absolute atomic E-state index is 0.00982. The van der Waals surface area contributed by atoms with Crippen molar-refractivity contribution in [2.24, 2.45) is 56.7 Å². The van der Waals surface area contributed by atoms with Gasteiger partial charge in [-0.3, -0.25) is 4.79 Å². The maximum atomic E-state index is 14.2. The summed E-state index contributed by atoms with van der Waals surface area (Å²) in [6.45, 7) is 17.4. The monoisotopic (exact) mass is 560 g/mol. The Hall–Kier alpha value is -1.65. The van der Waals surface area contributed by atoms with Crippen molar-refractivity contribution in [3.8, 4) is 0 Å². The van der Waals surface area contributed by atoms with E-state index in [-0.39, 0.29) is 51.9 Å². The molecule has 0 bridgehead atoms. The van der Waals surface area contributed by atoms with Crippen LogP contribution in [-0.4, -0.2) is 29.4 Å². The molecule has 0 radical (unpaired) electrons. The summed E-state index contributed by atoms with van der Waals surface area (Å²) < 4.78 is 12.5. The second-order valence-electron chi connectivity index (χ2n) is 16.5. The smallest absolute Gasteiger partial charge is 0.313 e. The molecular formula is C37H52O4. The van der Waals surface area contributed by atoms with E-state index in [1.165, 1.54) is 6.42 Å². The fraction of sp³-hybridized carbons (Fsp3) is 0.757. The number of ether oxygens (including phenoxy) is 2. The van der Waals surface area contributed by atoms with E-state index in [0.717, 1.165) is 44.1 Å². The molecule has 1 N–H and O–H groups in total. The van der Waals surface area contributed by atoms with Crippen LogP contribution in [0, 0.1) is 56.7 Å². The molecule has 41 heavy (non-hydrogen) atoms. The van der Waals surface area contributed by atoms with Crippen molar-refractivity contribution in [3.63, 3.8) is 0 Å². The number of hydrogen-bond acceptors (Lipinski definition) is 4. The molecule has 6 aliphatic rings. The third-order valence-corrected chi connectivity index (χ3v) is 14.9. The van der Waals surface area contributed by atoms with Gasteiger partial charge >= 0.3 is 5.97 Å². The van der Waals surface area contributed by atoms with Gasteiger partial charge in [0, 0.05) is 5.41 Å². The van der Waals surface area contributed by atoms with Gasteiger partial charge in [0.15, 0.2) is 0 Å². The van der Waals surface area contributed by atoms with Crippen molar-refractivity contribution < 1.29 is 19.4 Å². The molecular weight excluding hydrogens is 508 g/mol. The standard InChI is InChI=1S/C37H52O4/c1-22-15-18-37(32(39)40-21-24-11-9-8-10-12-24)20-19-34(5)25(28(37)23(22)2)13-14-27-35(34,6)17-16-26-33(3,4)30(38)29-31(41-29)36(26,27)7/h8-13,22-23,26-31,38H,14-21H2,1-7H3/t22-,23+,26+,27+,28+,29+,30-,31+,34-,35-,36+,37+/m1/s1. The van der Waals surface area contributed by atoms with Gasteiger partial charge in [0.25, 0.3) is 0 Å². The van der Waals surface area contributed by atoms with Crippen LogP contribution in [0.15, 0.2) is 42.0 Å². The fourth-order valence-electron chi connectivity index (χ4n) is 12.1. The summed E-state index contributed by atoms with van der Waals surface area (Å²) in [5.74, 6) is 2.29. The first kappa shape index (κ1) is 28.1. The lowest BCUT2D eigenvalue weighted by Gasteiger charge is -2.70. The molecule has 1 aliphatic heterocycles. The number of aliphatic hydroxyl groups is 1. The van der Waals surface area contributed by atoms with E-state index in [9.17, 15) is 9.90 Å². The van der Waals surface area contributed by atoms with Crippen LogP contribution in [0.5, 0.6) is 0 Å². The SMILES string of the molecule is C[C@H]1[C@H](C)CC[C@]2(C(=O)OCc3ccccc3)CC[C@]3(C)C(=CC[C@@H]4[C@@]5(C)[C@H]6O[C@H]6[C@@H](O)C(C)(C)[C@@H]5CC[C@]43C)[C@H]12. The zero-order valence-corrected chi connectivity index (χ0v) is 26.4. The Bertz CT molecular complexity index is 1250. The van der Waals surface area contributed by atoms with Gasteiger partial charge in [-0.25, -0.2) is 0 Å². The Labute approximate surface area is 247 Å². The predicted octanol–water partition coefficient (Wildman–Crippen LogP) is 7.74. The Morgan fingerprint density at radius 1 is 0.976 bits per heavy atom. The van der Waals surface area contributed by atoms with Crippen LogP contribution in [-0.2, 0) is 20.9 Å². The van der Waals surface area contributed by atoms with E-state index in [1.54, 1.807) is 5.57 Å². The summed E-state index contributed by atoms with van der Waals surface area (Å²) in [6, 6.07) is 10.1. The molecule has 0 unspecified atom stereocenters. The quantitative estimate of drug-likeness (QED) is 0.233. The highest BCUT2D eigenvalue weighted by atomic mass is 16.6. The van der Waals surface area contributed by atoms with Crippen LogP contribution in [0.25, 0.3) is 0 Å². The van der Waals surface area contributed by atoms with Gasteiger partial charge in [0.05, 0.1) is 17.6 Å². The van der Waals surface area contributed by atoms with E-state index in [4.69, 9.17) is 9.47 Å². The summed E-state index contributed by atoms with van der Waals surface area (Å²) in [4.78, 5) is 14.2. The van der Waals surface area contributed by atoms with Gasteiger partial charge in [-0.2, -0.15) is 0 Å². The minimum Gasteiger partial charge on any atom is -0.460 e. The van der Waals surface area contributed by atoms with Gasteiger partial charge in [-0.1, -0.05) is 90.4 Å². The topological polar surface area (TPSA) is 59.1 Å². The maximum absolute atomic E-state index is 14.2. The summed E-state index contributed by atoms with van der Waals surface area (Å²) in [6.07, 6.45) is 9.79. The minimum atomic E-state index is -0.419. The number of allylic oxidation sites excluding steroid dienone is 2. The van der Waals surface area contributed by atoms with E-state index >= 15 is 0 Å². The number of carbonyl (C=O) groups excluding carboxylic acids is 1. The summed E-state index contributed by atoms with van der Waals surface area (Å²) >= 11 is 0. The highest BCUT2D eigenvalue weighted by Gasteiger charge is 2.76. The number of carbonyl (C=O) groups is 1. The molecule has 1 aromatic carbocycles. The van der Waals surface area contributed by atoms with Crippen LogP contribution >= 0.6 is 0 Å². The first-order valence-electron chi connectivity index (χ1n) is 16.6. The zero-order chi connectivity index (χ0) is 29.2. The molecule has 12 atom stereocenters. The third-order valence-electron chi connectivity index (χ3n) is 14.9. The fourth-order valence-corrected chi connectivity index (χ4v) is 12.1. The molecule has 224 valence electrons. The lowest BCUT2D eigenvalue weighted by molar-refractivity contribution is -0.200. The maximum Gasteiger partial charge on any atom is 0.313 e. The number of aliphatic hydroxyl groups excluding tert-OH is 1. The van der Waals surface area contributed by atoms with E-state index in [2.05, 4.69) is 54.5 Å². The average molecular weight is 561 g/mol. The third kappa shape index (κ3) is 3.50. The van der Waals surface area contributed by atoms with Crippen LogP contribution in [0.1, 0.15) is 99.0 Å². The molecule has 5 aliphatic carbocycles. The van der Waals surface area contributed by atoms with Gasteiger partial charge in [0.1, 0.15) is 12.7 Å². The summed E-state index contributed by atoms with van der Waals surface area (Å²) in [5, 5.41) is 11.2. The number of fused-ring (bicyclic) bond motifs is 9. The predicted molar refractivity (Wildman–Crippen MR) is 161 cm³/mol. The van der Waals surface area contributed by atoms with Crippen LogP contribution in [0.3, 0.4) is 0 Å².